The van der Waals surface area contributed by atoms with Gasteiger partial charge in [0.1, 0.15) is 18.1 Å². The molecular weight excluding hydrogens is 492 g/mol. The summed E-state index contributed by atoms with van der Waals surface area (Å²) >= 11 is 0. The molecule has 0 aromatic heterocycles. The number of morpholine rings is 1. The van der Waals surface area contributed by atoms with Gasteiger partial charge < -0.3 is 19.5 Å². The Morgan fingerprint density at radius 3 is 2.41 bits per heavy atom. The lowest BCUT2D eigenvalue weighted by Gasteiger charge is -2.29. The molecule has 2 heterocycles. The van der Waals surface area contributed by atoms with Crippen molar-refractivity contribution in [3.63, 3.8) is 0 Å². The second-order valence-corrected chi connectivity index (χ2v) is 10.0. The maximum atomic E-state index is 13.3. The number of hydrogen-bond acceptors (Lipinski definition) is 6. The van der Waals surface area contributed by atoms with Crippen LogP contribution in [0.4, 0.5) is 0 Å². The first-order valence-electron chi connectivity index (χ1n) is 13.4. The molecule has 2 aliphatic heterocycles. The minimum atomic E-state index is -0.660. The van der Waals surface area contributed by atoms with Crippen molar-refractivity contribution in [3.05, 3.63) is 107 Å². The molecule has 0 saturated carbocycles. The summed E-state index contributed by atoms with van der Waals surface area (Å²) < 4.78 is 11.3. The van der Waals surface area contributed by atoms with Gasteiger partial charge in [-0.25, -0.2) is 0 Å². The fourth-order valence-corrected chi connectivity index (χ4v) is 5.22. The number of aliphatic hydroxyl groups is 1. The van der Waals surface area contributed by atoms with Crippen LogP contribution in [0.5, 0.6) is 5.75 Å². The van der Waals surface area contributed by atoms with Crippen LogP contribution in [0.3, 0.4) is 0 Å². The van der Waals surface area contributed by atoms with Gasteiger partial charge in [0.05, 0.1) is 24.8 Å². The maximum absolute atomic E-state index is 13.3. The van der Waals surface area contributed by atoms with Crippen LogP contribution in [0.1, 0.15) is 34.7 Å². The van der Waals surface area contributed by atoms with Crippen molar-refractivity contribution in [1.29, 1.82) is 0 Å². The first-order valence-corrected chi connectivity index (χ1v) is 13.4. The van der Waals surface area contributed by atoms with Crippen LogP contribution in [0.25, 0.3) is 5.76 Å². The van der Waals surface area contributed by atoms with Crippen LogP contribution in [0.15, 0.2) is 84.4 Å². The SMILES string of the molecule is Cc1cccc(COc2ccc(/C(O)=C3\C(=O)C(=O)N(CCCN4CCOCC4)C3c3ccccc3)cc2)c1. The quantitative estimate of drug-likeness (QED) is 0.247. The zero-order valence-electron chi connectivity index (χ0n) is 22.2. The molecule has 3 aromatic rings. The summed E-state index contributed by atoms with van der Waals surface area (Å²) in [4.78, 5) is 30.4. The third-order valence-electron chi connectivity index (χ3n) is 7.25. The Balaban J connectivity index is 1.36. The van der Waals surface area contributed by atoms with Crippen molar-refractivity contribution >= 4 is 17.4 Å². The summed E-state index contributed by atoms with van der Waals surface area (Å²) in [7, 11) is 0. The fourth-order valence-electron chi connectivity index (χ4n) is 5.22. The number of amides is 1. The monoisotopic (exact) mass is 526 g/mol. The first-order chi connectivity index (χ1) is 19.0. The standard InChI is InChI=1S/C32H34N2O5/c1-23-7-5-8-24(21-23)22-39-27-13-11-26(12-14-27)30(35)28-29(25-9-3-2-4-10-25)34(32(37)31(28)36)16-6-15-33-17-19-38-20-18-33/h2-5,7-14,21,29,35H,6,15-20,22H2,1H3/b30-28+. The van der Waals surface area contributed by atoms with Crippen LogP contribution in [-0.2, 0) is 20.9 Å². The van der Waals surface area contributed by atoms with Crippen molar-refractivity contribution in [3.8, 4) is 5.75 Å². The maximum Gasteiger partial charge on any atom is 0.295 e. The largest absolute Gasteiger partial charge is 0.507 e. The van der Waals surface area contributed by atoms with E-state index in [1.54, 1.807) is 29.2 Å². The van der Waals surface area contributed by atoms with Gasteiger partial charge >= 0.3 is 0 Å². The van der Waals surface area contributed by atoms with Crippen molar-refractivity contribution in [2.75, 3.05) is 39.4 Å². The smallest absolute Gasteiger partial charge is 0.295 e. The molecular formula is C32H34N2O5. The third-order valence-corrected chi connectivity index (χ3v) is 7.25. The average molecular weight is 527 g/mol. The summed E-state index contributed by atoms with van der Waals surface area (Å²) in [5, 5.41) is 11.3. The van der Waals surface area contributed by atoms with Gasteiger partial charge in [0.15, 0.2) is 0 Å². The van der Waals surface area contributed by atoms with Gasteiger partial charge in [-0.05, 0) is 48.7 Å². The van der Waals surface area contributed by atoms with Gasteiger partial charge in [-0.2, -0.15) is 0 Å². The van der Waals surface area contributed by atoms with Crippen LogP contribution in [0, 0.1) is 6.92 Å². The molecule has 7 nitrogen and oxygen atoms in total. The Kier molecular flexibility index (Phi) is 8.39. The van der Waals surface area contributed by atoms with Crippen molar-refractivity contribution in [2.45, 2.75) is 26.0 Å². The number of carbonyl (C=O) groups is 2. The number of carbonyl (C=O) groups excluding carboxylic acids is 2. The number of aryl methyl sites for hydroxylation is 1. The van der Waals surface area contributed by atoms with E-state index in [1.165, 1.54) is 5.56 Å². The van der Waals surface area contributed by atoms with Crippen LogP contribution in [-0.4, -0.2) is 66.0 Å². The molecule has 1 unspecified atom stereocenters. The van der Waals surface area contributed by atoms with Crippen molar-refractivity contribution < 1.29 is 24.2 Å². The highest BCUT2D eigenvalue weighted by Crippen LogP contribution is 2.39. The summed E-state index contributed by atoms with van der Waals surface area (Å²) in [6.45, 7) is 6.86. The normalized spacial score (nSPS) is 19.4. The molecule has 2 fully saturated rings. The summed E-state index contributed by atoms with van der Waals surface area (Å²) in [6, 6.07) is 23.9. The lowest BCUT2D eigenvalue weighted by molar-refractivity contribution is -0.140. The summed E-state index contributed by atoms with van der Waals surface area (Å²) in [5.41, 5.74) is 3.61. The van der Waals surface area contributed by atoms with Crippen LogP contribution in [0.2, 0.25) is 0 Å². The zero-order chi connectivity index (χ0) is 27.2. The van der Waals surface area contributed by atoms with E-state index in [9.17, 15) is 14.7 Å². The number of aliphatic hydroxyl groups excluding tert-OH is 1. The number of hydrogen-bond donors (Lipinski definition) is 1. The van der Waals surface area contributed by atoms with E-state index in [0.717, 1.165) is 37.2 Å². The number of ether oxygens (including phenoxy) is 2. The van der Waals surface area contributed by atoms with Gasteiger partial charge in [0.2, 0.25) is 0 Å². The molecule has 1 N–H and O–H groups in total. The number of ketones is 1. The molecule has 5 rings (SSSR count). The zero-order valence-corrected chi connectivity index (χ0v) is 22.2. The van der Waals surface area contributed by atoms with E-state index in [4.69, 9.17) is 9.47 Å². The highest BCUT2D eigenvalue weighted by molar-refractivity contribution is 6.46. The van der Waals surface area contributed by atoms with E-state index >= 15 is 0 Å². The van der Waals surface area contributed by atoms with Gasteiger partial charge in [-0.3, -0.25) is 14.5 Å². The van der Waals surface area contributed by atoms with E-state index in [1.807, 2.05) is 55.5 Å². The average Bonchev–Trinajstić information content (AvgIpc) is 3.22. The Labute approximate surface area is 229 Å². The van der Waals surface area contributed by atoms with E-state index < -0.39 is 17.7 Å². The van der Waals surface area contributed by atoms with E-state index in [2.05, 4.69) is 11.0 Å². The lowest BCUT2D eigenvalue weighted by atomic mass is 9.95. The summed E-state index contributed by atoms with van der Waals surface area (Å²) in [5.74, 6) is -0.766. The summed E-state index contributed by atoms with van der Waals surface area (Å²) in [6.07, 6.45) is 0.726. The highest BCUT2D eigenvalue weighted by Gasteiger charge is 2.45. The molecule has 3 aromatic carbocycles. The fraction of sp³-hybridized carbons (Fsp3) is 0.312. The Bertz CT molecular complexity index is 1330. The molecule has 0 aliphatic carbocycles. The number of benzene rings is 3. The third kappa shape index (κ3) is 6.21. The highest BCUT2D eigenvalue weighted by atomic mass is 16.5. The predicted molar refractivity (Wildman–Crippen MR) is 149 cm³/mol. The molecule has 2 saturated heterocycles. The van der Waals surface area contributed by atoms with Crippen LogP contribution < -0.4 is 4.74 Å². The number of Topliss-reactive ketones (excluding diaryl/α,β-unsaturated/α-hetero) is 1. The van der Waals surface area contributed by atoms with E-state index in [-0.39, 0.29) is 11.3 Å². The molecule has 202 valence electrons. The van der Waals surface area contributed by atoms with Crippen molar-refractivity contribution in [1.82, 2.24) is 9.80 Å². The molecule has 2 aliphatic rings. The van der Waals surface area contributed by atoms with Gasteiger partial charge in [-0.1, -0.05) is 60.2 Å². The van der Waals surface area contributed by atoms with Gasteiger partial charge in [-0.15, -0.1) is 0 Å². The van der Waals surface area contributed by atoms with E-state index in [0.29, 0.717) is 37.7 Å². The van der Waals surface area contributed by atoms with Gasteiger partial charge in [0, 0.05) is 31.7 Å². The molecule has 0 spiro atoms. The lowest BCUT2D eigenvalue weighted by Crippen LogP contribution is -2.38. The molecule has 0 bridgehead atoms. The van der Waals surface area contributed by atoms with Crippen molar-refractivity contribution in [2.24, 2.45) is 0 Å². The Hall–Kier alpha value is -3.94. The Morgan fingerprint density at radius 2 is 1.69 bits per heavy atom. The minimum absolute atomic E-state index is 0.117. The molecule has 7 heteroatoms. The second kappa shape index (κ2) is 12.3. The predicted octanol–water partition coefficient (Wildman–Crippen LogP) is 4.72. The number of likely N-dealkylation sites (tertiary alicyclic amines) is 1. The number of nitrogens with zero attached hydrogens (tertiary/aromatic N) is 2. The molecule has 1 atom stereocenters. The first kappa shape index (κ1) is 26.7. The number of rotatable bonds is 9. The minimum Gasteiger partial charge on any atom is -0.507 e. The van der Waals surface area contributed by atoms with Gasteiger partial charge in [0.25, 0.3) is 11.7 Å². The topological polar surface area (TPSA) is 79.3 Å². The Morgan fingerprint density at radius 1 is 0.949 bits per heavy atom. The molecule has 39 heavy (non-hydrogen) atoms. The molecule has 1 amide bonds. The van der Waals surface area contributed by atoms with Crippen LogP contribution >= 0.6 is 0 Å². The second-order valence-electron chi connectivity index (χ2n) is 10.0. The molecule has 0 radical (unpaired) electrons.